The number of nitrogens with zero attached hydrogens (tertiary/aromatic N) is 1. The maximum absolute atomic E-state index is 13.5. The Morgan fingerprint density at radius 1 is 1.04 bits per heavy atom. The number of thiophene rings is 1. The highest BCUT2D eigenvalue weighted by Gasteiger charge is 2.55. The van der Waals surface area contributed by atoms with Crippen LogP contribution in [0.25, 0.3) is 0 Å². The van der Waals surface area contributed by atoms with Crippen molar-refractivity contribution in [2.45, 2.75) is 95.3 Å². The van der Waals surface area contributed by atoms with Crippen molar-refractivity contribution in [3.05, 3.63) is 22.4 Å². The summed E-state index contributed by atoms with van der Waals surface area (Å²) in [5.74, 6) is 3.00. The summed E-state index contributed by atoms with van der Waals surface area (Å²) in [5.41, 5.74) is 0.0119. The highest BCUT2D eigenvalue weighted by atomic mass is 32.1. The van der Waals surface area contributed by atoms with Gasteiger partial charge in [-0.15, -0.1) is 11.3 Å². The molecule has 28 heavy (non-hydrogen) atoms. The average molecular weight is 399 g/mol. The summed E-state index contributed by atoms with van der Waals surface area (Å²) in [6.45, 7) is 1.11. The van der Waals surface area contributed by atoms with Crippen molar-refractivity contribution in [3.8, 4) is 0 Å². The molecule has 6 fully saturated rings. The van der Waals surface area contributed by atoms with Crippen LogP contribution in [0, 0.1) is 23.2 Å². The SMILES string of the molecule is O=C(NC1C[C@H]2CCC[C@H](C1)N2Cc1cccs1)C12CC3CC(CC(C3)C1)C2. The summed E-state index contributed by atoms with van der Waals surface area (Å²) in [6, 6.07) is 6.19. The molecule has 0 aromatic carbocycles. The molecule has 4 aliphatic carbocycles. The fraction of sp³-hybridized carbons (Fsp3) is 0.792. The van der Waals surface area contributed by atoms with E-state index in [1.165, 1.54) is 75.5 Å². The number of hydrogen-bond acceptors (Lipinski definition) is 3. The van der Waals surface area contributed by atoms with Crippen LogP contribution in [-0.4, -0.2) is 28.9 Å². The van der Waals surface area contributed by atoms with E-state index < -0.39 is 0 Å². The maximum Gasteiger partial charge on any atom is 0.226 e. The first kappa shape index (κ1) is 17.9. The van der Waals surface area contributed by atoms with Gasteiger partial charge in [0.25, 0.3) is 0 Å². The number of amides is 1. The van der Waals surface area contributed by atoms with Crippen molar-refractivity contribution in [3.63, 3.8) is 0 Å². The predicted molar refractivity (Wildman–Crippen MR) is 113 cm³/mol. The zero-order valence-electron chi connectivity index (χ0n) is 16.9. The summed E-state index contributed by atoms with van der Waals surface area (Å²) in [6.07, 6.45) is 14.1. The number of carbonyl (C=O) groups excluding carboxylic acids is 1. The highest BCUT2D eigenvalue weighted by Crippen LogP contribution is 2.60. The normalized spacial score (nSPS) is 44.6. The third-order valence-corrected chi connectivity index (χ3v) is 9.76. The van der Waals surface area contributed by atoms with Crippen molar-refractivity contribution >= 4 is 17.2 Å². The van der Waals surface area contributed by atoms with Crippen LogP contribution >= 0.6 is 11.3 Å². The molecule has 0 radical (unpaired) electrons. The lowest BCUT2D eigenvalue weighted by Crippen LogP contribution is -2.59. The number of hydrogen-bond donors (Lipinski definition) is 1. The quantitative estimate of drug-likeness (QED) is 0.777. The zero-order valence-corrected chi connectivity index (χ0v) is 17.8. The van der Waals surface area contributed by atoms with Crippen LogP contribution in [0.2, 0.25) is 0 Å². The second-order valence-electron chi connectivity index (χ2n) is 10.8. The Bertz CT molecular complexity index is 680. The molecule has 0 spiro atoms. The Kier molecular flexibility index (Phi) is 4.38. The lowest BCUT2D eigenvalue weighted by Gasteiger charge is -2.56. The third-order valence-electron chi connectivity index (χ3n) is 8.90. The van der Waals surface area contributed by atoms with Gasteiger partial charge in [-0.25, -0.2) is 0 Å². The van der Waals surface area contributed by atoms with Gasteiger partial charge in [-0.05, 0) is 93.4 Å². The Balaban J connectivity index is 1.14. The van der Waals surface area contributed by atoms with E-state index in [0.717, 1.165) is 24.3 Å². The number of carbonyl (C=O) groups is 1. The topological polar surface area (TPSA) is 32.3 Å². The minimum absolute atomic E-state index is 0.0119. The van der Waals surface area contributed by atoms with E-state index in [4.69, 9.17) is 0 Å². The van der Waals surface area contributed by atoms with E-state index in [2.05, 4.69) is 27.7 Å². The van der Waals surface area contributed by atoms with Crippen LogP contribution in [0.4, 0.5) is 0 Å². The lowest BCUT2D eigenvalue weighted by atomic mass is 9.49. The van der Waals surface area contributed by atoms with Crippen molar-refractivity contribution < 1.29 is 4.79 Å². The summed E-state index contributed by atoms with van der Waals surface area (Å²) >= 11 is 1.89. The van der Waals surface area contributed by atoms with Gasteiger partial charge in [-0.1, -0.05) is 12.5 Å². The standard InChI is InChI=1S/C24H34N2OS/c27-23(24-12-16-7-17(13-24)9-18(8-16)14-24)25-19-10-20-3-1-4-21(11-19)26(20)15-22-5-2-6-28-22/h2,5-6,16-21H,1,3-4,7-15H2,(H,25,27)/t16?,17?,18?,20-,21-,24?/m1/s1. The predicted octanol–water partition coefficient (Wildman–Crippen LogP) is 4.97. The van der Waals surface area contributed by atoms with Crippen molar-refractivity contribution in [1.29, 1.82) is 0 Å². The van der Waals surface area contributed by atoms with Crippen molar-refractivity contribution in [2.75, 3.05) is 0 Å². The molecule has 0 unspecified atom stereocenters. The molecular weight excluding hydrogens is 364 g/mol. The third kappa shape index (κ3) is 3.06. The molecule has 2 aliphatic heterocycles. The fourth-order valence-corrected chi connectivity index (χ4v) is 8.88. The van der Waals surface area contributed by atoms with Gasteiger partial charge in [0.05, 0.1) is 0 Å². The summed E-state index contributed by atoms with van der Waals surface area (Å²) < 4.78 is 0. The van der Waals surface area contributed by atoms with Crippen LogP contribution in [0.5, 0.6) is 0 Å². The molecule has 2 saturated heterocycles. The Morgan fingerprint density at radius 3 is 2.25 bits per heavy atom. The number of nitrogens with one attached hydrogen (secondary N) is 1. The van der Waals surface area contributed by atoms with Gasteiger partial charge in [0.15, 0.2) is 0 Å². The molecule has 1 aromatic rings. The molecule has 6 bridgehead atoms. The fourth-order valence-electron chi connectivity index (χ4n) is 8.16. The Labute approximate surface area is 173 Å². The molecule has 3 nitrogen and oxygen atoms in total. The molecule has 1 amide bonds. The van der Waals surface area contributed by atoms with Gasteiger partial charge in [0.2, 0.25) is 5.91 Å². The smallest absolute Gasteiger partial charge is 0.226 e. The summed E-state index contributed by atoms with van der Waals surface area (Å²) in [5, 5.41) is 5.82. The van der Waals surface area contributed by atoms with Crippen molar-refractivity contribution in [1.82, 2.24) is 10.2 Å². The van der Waals surface area contributed by atoms with Gasteiger partial charge < -0.3 is 5.32 Å². The van der Waals surface area contributed by atoms with E-state index in [1.54, 1.807) is 0 Å². The minimum atomic E-state index is 0.0119. The molecule has 3 heterocycles. The van der Waals surface area contributed by atoms with Gasteiger partial charge in [0.1, 0.15) is 0 Å². The van der Waals surface area contributed by atoms with Gasteiger partial charge in [0, 0.05) is 35.0 Å². The molecule has 1 aromatic heterocycles. The molecule has 2 atom stereocenters. The largest absolute Gasteiger partial charge is 0.353 e. The van der Waals surface area contributed by atoms with E-state index >= 15 is 0 Å². The van der Waals surface area contributed by atoms with Crippen LogP contribution in [0.1, 0.15) is 75.5 Å². The first-order valence-electron chi connectivity index (χ1n) is 11.8. The first-order chi connectivity index (χ1) is 13.7. The number of rotatable bonds is 4. The van der Waals surface area contributed by atoms with Crippen molar-refractivity contribution in [2.24, 2.45) is 23.2 Å². The second-order valence-corrected chi connectivity index (χ2v) is 11.9. The van der Waals surface area contributed by atoms with E-state index in [-0.39, 0.29) is 5.41 Å². The van der Waals surface area contributed by atoms with Crippen LogP contribution in [-0.2, 0) is 11.3 Å². The van der Waals surface area contributed by atoms with Gasteiger partial charge >= 0.3 is 0 Å². The van der Waals surface area contributed by atoms with Gasteiger partial charge in [-0.3, -0.25) is 9.69 Å². The van der Waals surface area contributed by atoms with E-state index in [1.807, 2.05) is 11.3 Å². The average Bonchev–Trinajstić information content (AvgIpc) is 3.14. The Hall–Kier alpha value is -0.870. The van der Waals surface area contributed by atoms with Crippen LogP contribution in [0.3, 0.4) is 0 Å². The van der Waals surface area contributed by atoms with E-state index in [9.17, 15) is 4.79 Å². The zero-order chi connectivity index (χ0) is 18.7. The van der Waals surface area contributed by atoms with E-state index in [0.29, 0.717) is 24.0 Å². The molecule has 1 N–H and O–H groups in total. The molecule has 152 valence electrons. The van der Waals surface area contributed by atoms with Crippen LogP contribution < -0.4 is 5.32 Å². The van der Waals surface area contributed by atoms with Crippen LogP contribution in [0.15, 0.2) is 17.5 Å². The van der Waals surface area contributed by atoms with Gasteiger partial charge in [-0.2, -0.15) is 0 Å². The Morgan fingerprint density at radius 2 is 1.68 bits per heavy atom. The molecule has 4 heteroatoms. The monoisotopic (exact) mass is 398 g/mol. The summed E-state index contributed by atoms with van der Waals surface area (Å²) in [4.78, 5) is 17.8. The molecular formula is C24H34N2OS. The molecule has 4 saturated carbocycles. The molecule has 6 aliphatic rings. The number of piperidine rings is 2. The summed E-state index contributed by atoms with van der Waals surface area (Å²) in [7, 11) is 0. The molecule has 7 rings (SSSR count). The maximum atomic E-state index is 13.5. The lowest BCUT2D eigenvalue weighted by molar-refractivity contribution is -0.147. The second kappa shape index (κ2) is 6.84. The highest BCUT2D eigenvalue weighted by molar-refractivity contribution is 7.09. The first-order valence-corrected chi connectivity index (χ1v) is 12.6. The minimum Gasteiger partial charge on any atom is -0.353 e. The number of fused-ring (bicyclic) bond motifs is 2.